The van der Waals surface area contributed by atoms with Crippen molar-refractivity contribution in [1.82, 2.24) is 9.55 Å². The summed E-state index contributed by atoms with van der Waals surface area (Å²) in [5, 5.41) is 1.23. The summed E-state index contributed by atoms with van der Waals surface area (Å²) < 4.78 is 15.1. The fourth-order valence-corrected chi connectivity index (χ4v) is 4.48. The van der Waals surface area contributed by atoms with Gasteiger partial charge in [-0.25, -0.2) is 4.98 Å². The molecule has 154 valence electrons. The Kier molecular flexibility index (Phi) is 5.67. The maximum Gasteiger partial charge on any atom is 0.121 e. The van der Waals surface area contributed by atoms with Gasteiger partial charge in [0.15, 0.2) is 0 Å². The minimum Gasteiger partial charge on any atom is -0.492 e. The predicted molar refractivity (Wildman–Crippen MR) is 126 cm³/mol. The van der Waals surface area contributed by atoms with Crippen LogP contribution >= 0.6 is 11.3 Å². The third kappa shape index (κ3) is 4.78. The van der Waals surface area contributed by atoms with Crippen LogP contribution in [0.3, 0.4) is 0 Å². The zero-order valence-corrected chi connectivity index (χ0v) is 17.8. The molecule has 0 saturated carbocycles. The Morgan fingerprint density at radius 1 is 0.839 bits per heavy atom. The summed E-state index contributed by atoms with van der Waals surface area (Å²) in [5.74, 6) is 1.77. The van der Waals surface area contributed by atoms with Crippen LogP contribution in [-0.4, -0.2) is 16.2 Å². The molecule has 31 heavy (non-hydrogen) atoms. The zero-order valence-electron chi connectivity index (χ0n) is 17.0. The van der Waals surface area contributed by atoms with Crippen LogP contribution in [0.15, 0.2) is 97.6 Å². The van der Waals surface area contributed by atoms with Crippen molar-refractivity contribution in [3.8, 4) is 21.9 Å². The predicted octanol–water partition coefficient (Wildman–Crippen LogP) is 6.42. The highest BCUT2D eigenvalue weighted by molar-refractivity contribution is 7.22. The van der Waals surface area contributed by atoms with E-state index in [1.54, 1.807) is 23.9 Å². The number of nitrogens with zero attached hydrogens (tertiary/aromatic N) is 2. The van der Waals surface area contributed by atoms with Gasteiger partial charge in [0, 0.05) is 22.0 Å². The van der Waals surface area contributed by atoms with Gasteiger partial charge in [0.1, 0.15) is 24.7 Å². The summed E-state index contributed by atoms with van der Waals surface area (Å²) in [7, 11) is 0. The third-order valence-corrected chi connectivity index (χ3v) is 6.20. The molecule has 0 spiro atoms. The SMILES string of the molecule is c1ccc(COc2ccc3cc(-c4ccc(OCCn5ccnc5)cc4)sc3c2)cc1. The molecule has 0 aliphatic heterocycles. The molecule has 0 atom stereocenters. The molecule has 5 aromatic rings. The zero-order chi connectivity index (χ0) is 20.9. The van der Waals surface area contributed by atoms with Crippen molar-refractivity contribution in [2.75, 3.05) is 6.61 Å². The maximum absolute atomic E-state index is 5.98. The number of hydrogen-bond acceptors (Lipinski definition) is 4. The second kappa shape index (κ2) is 9.06. The Bertz CT molecular complexity index is 1250. The van der Waals surface area contributed by atoms with E-state index in [4.69, 9.17) is 9.47 Å². The van der Waals surface area contributed by atoms with Crippen LogP contribution in [0.1, 0.15) is 5.56 Å². The summed E-state index contributed by atoms with van der Waals surface area (Å²) in [5.41, 5.74) is 2.36. The van der Waals surface area contributed by atoms with E-state index in [1.165, 1.54) is 26.1 Å². The van der Waals surface area contributed by atoms with E-state index in [2.05, 4.69) is 47.4 Å². The lowest BCUT2D eigenvalue weighted by atomic mass is 10.1. The highest BCUT2D eigenvalue weighted by Gasteiger charge is 2.07. The van der Waals surface area contributed by atoms with E-state index < -0.39 is 0 Å². The fraction of sp³-hybridized carbons (Fsp3) is 0.115. The van der Waals surface area contributed by atoms with Crippen LogP contribution in [0.4, 0.5) is 0 Å². The van der Waals surface area contributed by atoms with Crippen LogP contribution in [0.25, 0.3) is 20.5 Å². The van der Waals surface area contributed by atoms with E-state index in [1.807, 2.05) is 47.2 Å². The highest BCUT2D eigenvalue weighted by atomic mass is 32.1. The van der Waals surface area contributed by atoms with Crippen molar-refractivity contribution in [1.29, 1.82) is 0 Å². The Labute approximate surface area is 185 Å². The smallest absolute Gasteiger partial charge is 0.121 e. The summed E-state index contributed by atoms with van der Waals surface area (Å²) in [4.78, 5) is 5.28. The van der Waals surface area contributed by atoms with Crippen LogP contribution in [-0.2, 0) is 13.2 Å². The number of rotatable bonds is 8. The van der Waals surface area contributed by atoms with Gasteiger partial charge in [-0.2, -0.15) is 0 Å². The second-order valence-corrected chi connectivity index (χ2v) is 8.34. The van der Waals surface area contributed by atoms with Gasteiger partial charge in [-0.1, -0.05) is 30.3 Å². The van der Waals surface area contributed by atoms with E-state index in [-0.39, 0.29) is 0 Å². The quantitative estimate of drug-likeness (QED) is 0.287. The van der Waals surface area contributed by atoms with Gasteiger partial charge in [-0.3, -0.25) is 0 Å². The van der Waals surface area contributed by atoms with Crippen LogP contribution in [0.5, 0.6) is 11.5 Å². The average Bonchev–Trinajstić information content (AvgIpc) is 3.48. The molecular formula is C26H22N2O2S. The van der Waals surface area contributed by atoms with Crippen molar-refractivity contribution >= 4 is 21.4 Å². The first-order chi connectivity index (χ1) is 15.3. The molecule has 0 N–H and O–H groups in total. The number of imidazole rings is 1. The molecule has 2 aromatic heterocycles. The number of ether oxygens (including phenoxy) is 2. The van der Waals surface area contributed by atoms with Gasteiger partial charge >= 0.3 is 0 Å². The molecule has 2 heterocycles. The average molecular weight is 427 g/mol. The minimum atomic E-state index is 0.576. The second-order valence-electron chi connectivity index (χ2n) is 7.26. The Morgan fingerprint density at radius 2 is 1.68 bits per heavy atom. The van der Waals surface area contributed by atoms with Gasteiger partial charge in [-0.15, -0.1) is 11.3 Å². The number of fused-ring (bicyclic) bond motifs is 1. The van der Waals surface area contributed by atoms with E-state index >= 15 is 0 Å². The molecule has 3 aromatic carbocycles. The van der Waals surface area contributed by atoms with Gasteiger partial charge in [-0.05, 0) is 65.0 Å². The van der Waals surface area contributed by atoms with Crippen molar-refractivity contribution in [3.63, 3.8) is 0 Å². The highest BCUT2D eigenvalue weighted by Crippen LogP contribution is 2.36. The lowest BCUT2D eigenvalue weighted by Gasteiger charge is -2.07. The fourth-order valence-electron chi connectivity index (χ4n) is 3.39. The van der Waals surface area contributed by atoms with Crippen molar-refractivity contribution in [2.24, 2.45) is 0 Å². The molecule has 0 fully saturated rings. The molecule has 0 aliphatic carbocycles. The Balaban J connectivity index is 1.24. The standard InChI is InChI=1S/C26H22N2O2S/c1-2-4-20(5-3-1)18-30-24-11-8-22-16-25(31-26(22)17-24)21-6-9-23(10-7-21)29-15-14-28-13-12-27-19-28/h1-13,16-17,19H,14-15,18H2. The Hall–Kier alpha value is -3.57. The molecule has 0 amide bonds. The first kappa shape index (κ1) is 19.4. The lowest BCUT2D eigenvalue weighted by Crippen LogP contribution is -2.06. The summed E-state index contributed by atoms with van der Waals surface area (Å²) in [6.07, 6.45) is 5.51. The molecular weight excluding hydrogens is 404 g/mol. The largest absolute Gasteiger partial charge is 0.492 e. The van der Waals surface area contributed by atoms with Crippen molar-refractivity contribution < 1.29 is 9.47 Å². The minimum absolute atomic E-state index is 0.576. The molecule has 0 aliphatic rings. The van der Waals surface area contributed by atoms with Gasteiger partial charge < -0.3 is 14.0 Å². The molecule has 0 bridgehead atoms. The van der Waals surface area contributed by atoms with Gasteiger partial charge in [0.2, 0.25) is 0 Å². The van der Waals surface area contributed by atoms with Gasteiger partial charge in [0.05, 0.1) is 12.9 Å². The summed E-state index contributed by atoms with van der Waals surface area (Å²) >= 11 is 1.78. The first-order valence-electron chi connectivity index (χ1n) is 10.2. The van der Waals surface area contributed by atoms with Gasteiger partial charge in [0.25, 0.3) is 0 Å². The monoisotopic (exact) mass is 426 g/mol. The molecule has 5 rings (SSSR count). The number of benzene rings is 3. The number of thiophene rings is 1. The van der Waals surface area contributed by atoms with Crippen molar-refractivity contribution in [2.45, 2.75) is 13.2 Å². The topological polar surface area (TPSA) is 36.3 Å². The lowest BCUT2D eigenvalue weighted by molar-refractivity contribution is 0.298. The molecule has 0 radical (unpaired) electrons. The van der Waals surface area contributed by atoms with E-state index in [0.717, 1.165) is 18.0 Å². The van der Waals surface area contributed by atoms with E-state index in [0.29, 0.717) is 13.2 Å². The van der Waals surface area contributed by atoms with Crippen LogP contribution in [0.2, 0.25) is 0 Å². The molecule has 0 unspecified atom stereocenters. The maximum atomic E-state index is 5.98. The number of hydrogen-bond donors (Lipinski definition) is 0. The van der Waals surface area contributed by atoms with Crippen molar-refractivity contribution in [3.05, 3.63) is 103 Å². The van der Waals surface area contributed by atoms with E-state index in [9.17, 15) is 0 Å². The molecule has 5 heteroatoms. The normalized spacial score (nSPS) is 11.0. The summed E-state index contributed by atoms with van der Waals surface area (Å²) in [6.45, 7) is 1.98. The molecule has 0 saturated heterocycles. The summed E-state index contributed by atoms with van der Waals surface area (Å²) in [6, 6.07) is 27.0. The third-order valence-electron chi connectivity index (χ3n) is 5.06. The van der Waals surface area contributed by atoms with Crippen LogP contribution < -0.4 is 9.47 Å². The Morgan fingerprint density at radius 3 is 2.48 bits per heavy atom. The number of aromatic nitrogens is 2. The first-order valence-corrected chi connectivity index (χ1v) is 11.0. The molecule has 4 nitrogen and oxygen atoms in total. The van der Waals surface area contributed by atoms with Crippen LogP contribution in [0, 0.1) is 0 Å².